The van der Waals surface area contributed by atoms with Gasteiger partial charge in [0.25, 0.3) is 0 Å². The van der Waals surface area contributed by atoms with Gasteiger partial charge in [-0.25, -0.2) is 8.42 Å². The first-order chi connectivity index (χ1) is 9.29. The van der Waals surface area contributed by atoms with Crippen LogP contribution in [0.3, 0.4) is 0 Å². The van der Waals surface area contributed by atoms with E-state index in [-0.39, 0.29) is 10.5 Å². The van der Waals surface area contributed by atoms with Crippen LogP contribution >= 0.6 is 0 Å². The molecular formula is C15H15NO3S. The summed E-state index contributed by atoms with van der Waals surface area (Å²) in [4.78, 5) is 11.7. The van der Waals surface area contributed by atoms with E-state index < -0.39 is 15.7 Å². The van der Waals surface area contributed by atoms with E-state index in [0.29, 0.717) is 5.56 Å². The summed E-state index contributed by atoms with van der Waals surface area (Å²) in [5.41, 5.74) is 8.09. The van der Waals surface area contributed by atoms with E-state index in [1.165, 1.54) is 12.1 Å². The average Bonchev–Trinajstić information content (AvgIpc) is 2.37. The quantitative estimate of drug-likeness (QED) is 0.940. The molecule has 104 valence electrons. The fourth-order valence-electron chi connectivity index (χ4n) is 2.02. The first-order valence-electron chi connectivity index (χ1n) is 6.00. The molecule has 0 spiro atoms. The van der Waals surface area contributed by atoms with Gasteiger partial charge in [-0.1, -0.05) is 35.9 Å². The number of hydrogen-bond acceptors (Lipinski definition) is 3. The molecular weight excluding hydrogens is 274 g/mol. The van der Waals surface area contributed by atoms with Crippen molar-refractivity contribution in [2.45, 2.75) is 11.8 Å². The molecule has 0 unspecified atom stereocenters. The molecule has 0 saturated carbocycles. The summed E-state index contributed by atoms with van der Waals surface area (Å²) in [5, 5.41) is 0. The number of carbonyl (C=O) groups excluding carboxylic acids is 1. The maximum absolute atomic E-state index is 11.6. The highest BCUT2D eigenvalue weighted by Crippen LogP contribution is 2.26. The minimum atomic E-state index is -3.37. The van der Waals surface area contributed by atoms with Crippen molar-refractivity contribution in [2.75, 3.05) is 6.26 Å². The molecule has 0 radical (unpaired) electrons. The molecule has 2 aromatic rings. The Hall–Kier alpha value is -2.14. The molecule has 0 aliphatic rings. The van der Waals surface area contributed by atoms with E-state index >= 15 is 0 Å². The van der Waals surface area contributed by atoms with E-state index in [1.54, 1.807) is 6.07 Å². The Labute approximate surface area is 118 Å². The van der Waals surface area contributed by atoms with E-state index in [0.717, 1.165) is 17.4 Å². The summed E-state index contributed by atoms with van der Waals surface area (Å²) >= 11 is 0. The lowest BCUT2D eigenvalue weighted by atomic mass is 9.98. The number of hydrogen-bond donors (Lipinski definition) is 1. The smallest absolute Gasteiger partial charge is 0.249 e. The van der Waals surface area contributed by atoms with Crippen molar-refractivity contribution in [3.8, 4) is 11.1 Å². The molecule has 2 aromatic carbocycles. The summed E-state index contributed by atoms with van der Waals surface area (Å²) in [5.74, 6) is -0.646. The van der Waals surface area contributed by atoms with Crippen LogP contribution in [-0.2, 0) is 9.84 Å². The molecule has 1 amide bonds. The molecule has 0 heterocycles. The average molecular weight is 289 g/mol. The van der Waals surface area contributed by atoms with Gasteiger partial charge in [0.05, 0.1) is 4.90 Å². The number of carbonyl (C=O) groups is 1. The number of aryl methyl sites for hydroxylation is 1. The highest BCUT2D eigenvalue weighted by molar-refractivity contribution is 7.90. The van der Waals surface area contributed by atoms with Crippen molar-refractivity contribution >= 4 is 15.7 Å². The molecule has 2 N–H and O–H groups in total. The number of sulfone groups is 1. The third-order valence-corrected chi connectivity index (χ3v) is 4.12. The van der Waals surface area contributed by atoms with Crippen molar-refractivity contribution in [3.05, 3.63) is 53.6 Å². The van der Waals surface area contributed by atoms with Crippen molar-refractivity contribution in [2.24, 2.45) is 5.73 Å². The number of benzene rings is 2. The summed E-state index contributed by atoms with van der Waals surface area (Å²) in [6.45, 7) is 1.94. The van der Waals surface area contributed by atoms with Crippen LogP contribution in [0.2, 0.25) is 0 Å². The van der Waals surface area contributed by atoms with E-state index in [9.17, 15) is 13.2 Å². The highest BCUT2D eigenvalue weighted by Gasteiger charge is 2.15. The first-order valence-corrected chi connectivity index (χ1v) is 7.89. The molecule has 20 heavy (non-hydrogen) atoms. The lowest BCUT2D eigenvalue weighted by Crippen LogP contribution is -2.13. The van der Waals surface area contributed by atoms with Crippen molar-refractivity contribution in [3.63, 3.8) is 0 Å². The molecule has 4 nitrogen and oxygen atoms in total. The highest BCUT2D eigenvalue weighted by atomic mass is 32.2. The molecule has 5 heteroatoms. The van der Waals surface area contributed by atoms with Gasteiger partial charge >= 0.3 is 0 Å². The molecule has 2 rings (SSSR count). The van der Waals surface area contributed by atoms with Crippen molar-refractivity contribution in [1.29, 1.82) is 0 Å². The first kappa shape index (κ1) is 14.3. The van der Waals surface area contributed by atoms with Crippen LogP contribution in [-0.4, -0.2) is 20.6 Å². The largest absolute Gasteiger partial charge is 0.366 e. The lowest BCUT2D eigenvalue weighted by molar-refractivity contribution is 0.100. The predicted octanol–water partition coefficient (Wildman–Crippen LogP) is 2.16. The van der Waals surface area contributed by atoms with Gasteiger partial charge in [0.15, 0.2) is 9.84 Å². The Morgan fingerprint density at radius 3 is 2.35 bits per heavy atom. The third kappa shape index (κ3) is 2.88. The Morgan fingerprint density at radius 2 is 1.80 bits per heavy atom. The number of nitrogens with two attached hydrogens (primary N) is 1. The fraction of sp³-hybridized carbons (Fsp3) is 0.133. The SMILES string of the molecule is Cc1cccc(-c2ccc(S(C)(=O)=O)cc2C(N)=O)c1. The zero-order valence-electron chi connectivity index (χ0n) is 11.3. The van der Waals surface area contributed by atoms with Gasteiger partial charge in [0, 0.05) is 11.8 Å². The normalized spacial score (nSPS) is 11.3. The van der Waals surface area contributed by atoms with Crippen LogP contribution in [0.25, 0.3) is 11.1 Å². The van der Waals surface area contributed by atoms with Gasteiger partial charge in [-0.05, 0) is 30.2 Å². The fourth-order valence-corrected chi connectivity index (χ4v) is 2.67. The Morgan fingerprint density at radius 1 is 1.10 bits per heavy atom. The molecule has 0 bridgehead atoms. The molecule has 0 aromatic heterocycles. The maximum Gasteiger partial charge on any atom is 0.249 e. The molecule has 0 fully saturated rings. The Bertz CT molecular complexity index is 779. The summed E-state index contributed by atoms with van der Waals surface area (Å²) < 4.78 is 23.1. The van der Waals surface area contributed by atoms with E-state index in [4.69, 9.17) is 5.73 Å². The zero-order valence-corrected chi connectivity index (χ0v) is 12.1. The monoisotopic (exact) mass is 289 g/mol. The number of rotatable bonds is 3. The second-order valence-electron chi connectivity index (χ2n) is 4.71. The minimum Gasteiger partial charge on any atom is -0.366 e. The lowest BCUT2D eigenvalue weighted by Gasteiger charge is -2.09. The van der Waals surface area contributed by atoms with E-state index in [2.05, 4.69) is 0 Å². The zero-order chi connectivity index (χ0) is 14.9. The predicted molar refractivity (Wildman–Crippen MR) is 78.2 cm³/mol. The topological polar surface area (TPSA) is 77.2 Å². The van der Waals surface area contributed by atoms with Crippen LogP contribution in [0.15, 0.2) is 47.4 Å². The molecule has 0 saturated heterocycles. The van der Waals surface area contributed by atoms with Crippen molar-refractivity contribution in [1.82, 2.24) is 0 Å². The van der Waals surface area contributed by atoms with Crippen LogP contribution in [0.1, 0.15) is 15.9 Å². The molecule has 0 atom stereocenters. The van der Waals surface area contributed by atoms with Gasteiger partial charge in [0.1, 0.15) is 0 Å². The Balaban J connectivity index is 2.69. The van der Waals surface area contributed by atoms with Gasteiger partial charge in [-0.15, -0.1) is 0 Å². The van der Waals surface area contributed by atoms with E-state index in [1.807, 2.05) is 31.2 Å². The third-order valence-electron chi connectivity index (χ3n) is 3.01. The van der Waals surface area contributed by atoms with Gasteiger partial charge in [0.2, 0.25) is 5.91 Å². The van der Waals surface area contributed by atoms with Crippen LogP contribution < -0.4 is 5.73 Å². The number of amides is 1. The summed E-state index contributed by atoms with van der Waals surface area (Å²) in [7, 11) is -3.37. The van der Waals surface area contributed by atoms with Crippen LogP contribution in [0, 0.1) is 6.92 Å². The van der Waals surface area contributed by atoms with Gasteiger partial charge in [-0.3, -0.25) is 4.79 Å². The summed E-state index contributed by atoms with van der Waals surface area (Å²) in [6.07, 6.45) is 1.10. The minimum absolute atomic E-state index is 0.0858. The van der Waals surface area contributed by atoms with Crippen LogP contribution in [0.5, 0.6) is 0 Å². The maximum atomic E-state index is 11.6. The van der Waals surface area contributed by atoms with Crippen LogP contribution in [0.4, 0.5) is 0 Å². The van der Waals surface area contributed by atoms with Crippen molar-refractivity contribution < 1.29 is 13.2 Å². The Kier molecular flexibility index (Phi) is 3.63. The number of primary amides is 1. The van der Waals surface area contributed by atoms with Gasteiger partial charge in [-0.2, -0.15) is 0 Å². The second-order valence-corrected chi connectivity index (χ2v) is 6.73. The second kappa shape index (κ2) is 5.09. The summed E-state index contributed by atoms with van der Waals surface area (Å²) in [6, 6.07) is 12.0. The standard InChI is InChI=1S/C15H15NO3S/c1-10-4-3-5-11(8-10)13-7-6-12(20(2,18)19)9-14(13)15(16)17/h3-9H,1-2H3,(H2,16,17). The molecule has 0 aliphatic carbocycles. The van der Waals surface area contributed by atoms with Gasteiger partial charge < -0.3 is 5.73 Å². The molecule has 0 aliphatic heterocycles.